The number of pyridine rings is 1. The number of aryl methyl sites for hydroxylation is 1. The van der Waals surface area contributed by atoms with E-state index in [1.54, 1.807) is 24.3 Å². The first-order chi connectivity index (χ1) is 20.5. The van der Waals surface area contributed by atoms with Crippen LogP contribution in [0, 0.1) is 12.7 Å². The van der Waals surface area contributed by atoms with Crippen molar-refractivity contribution < 1.29 is 27.1 Å². The van der Waals surface area contributed by atoms with Crippen molar-refractivity contribution in [2.75, 3.05) is 24.7 Å². The third kappa shape index (κ3) is 5.01. The lowest BCUT2D eigenvalue weighted by atomic mass is 9.98. The predicted octanol–water partition coefficient (Wildman–Crippen LogP) is 5.95. The Morgan fingerprint density at radius 2 is 1.84 bits per heavy atom. The number of sulfonamides is 1. The Bertz CT molecular complexity index is 2020. The molecule has 1 atom stereocenters. The minimum Gasteiger partial charge on any atom is -0.506 e. The molecule has 0 spiro atoms. The van der Waals surface area contributed by atoms with Gasteiger partial charge < -0.3 is 14.8 Å². The van der Waals surface area contributed by atoms with Crippen LogP contribution >= 0.6 is 0 Å². The number of hydrogen-bond donors (Lipinski definition) is 2. The Morgan fingerprint density at radius 3 is 2.51 bits per heavy atom. The van der Waals surface area contributed by atoms with Crippen molar-refractivity contribution in [1.29, 1.82) is 0 Å². The number of fused-ring (bicyclic) bond motifs is 2. The van der Waals surface area contributed by atoms with Gasteiger partial charge in [0.2, 0.25) is 10.0 Å². The summed E-state index contributed by atoms with van der Waals surface area (Å²) in [6, 6.07) is 18.9. The molecule has 43 heavy (non-hydrogen) atoms. The average Bonchev–Trinajstić information content (AvgIpc) is 3.58. The van der Waals surface area contributed by atoms with Gasteiger partial charge in [0.05, 0.1) is 28.9 Å². The topological polar surface area (TPSA) is 113 Å². The lowest BCUT2D eigenvalue weighted by molar-refractivity contribution is 0.0964. The summed E-state index contributed by atoms with van der Waals surface area (Å²) < 4.78 is 47.4. The maximum atomic E-state index is 14.5. The summed E-state index contributed by atoms with van der Waals surface area (Å²) >= 11 is 0. The van der Waals surface area contributed by atoms with Gasteiger partial charge in [-0.2, -0.15) is 0 Å². The zero-order chi connectivity index (χ0) is 30.6. The first-order valence-electron chi connectivity index (χ1n) is 13.8. The van der Waals surface area contributed by atoms with Crippen molar-refractivity contribution in [3.8, 4) is 28.3 Å². The molecule has 6 rings (SSSR count). The minimum absolute atomic E-state index is 0.0305. The van der Waals surface area contributed by atoms with Crippen LogP contribution in [0.25, 0.3) is 33.6 Å². The van der Waals surface area contributed by atoms with Crippen molar-refractivity contribution in [2.24, 2.45) is 0 Å². The molecule has 5 aromatic rings. The van der Waals surface area contributed by atoms with E-state index in [2.05, 4.69) is 5.32 Å². The Balaban J connectivity index is 1.57. The molecule has 2 N–H and O–H groups in total. The Morgan fingerprint density at radius 1 is 1.09 bits per heavy atom. The summed E-state index contributed by atoms with van der Waals surface area (Å²) in [6.07, 6.45) is 1.98. The van der Waals surface area contributed by atoms with Crippen LogP contribution in [-0.4, -0.2) is 44.8 Å². The van der Waals surface area contributed by atoms with Crippen LogP contribution in [0.1, 0.15) is 38.7 Å². The lowest BCUT2D eigenvalue weighted by Crippen LogP contribution is -2.25. The number of rotatable bonds is 6. The average molecular weight is 600 g/mol. The smallest absolute Gasteiger partial charge is 0.255 e. The van der Waals surface area contributed by atoms with Gasteiger partial charge in [0.15, 0.2) is 0 Å². The van der Waals surface area contributed by atoms with Gasteiger partial charge in [0.25, 0.3) is 5.91 Å². The number of anilines is 1. The first-order valence-corrected chi connectivity index (χ1v) is 15.6. The highest BCUT2D eigenvalue weighted by atomic mass is 32.2. The Kier molecular flexibility index (Phi) is 6.96. The number of furan rings is 1. The van der Waals surface area contributed by atoms with Crippen molar-refractivity contribution in [1.82, 2.24) is 10.3 Å². The largest absolute Gasteiger partial charge is 0.506 e. The van der Waals surface area contributed by atoms with E-state index >= 15 is 0 Å². The van der Waals surface area contributed by atoms with Gasteiger partial charge in [0, 0.05) is 42.6 Å². The third-order valence-electron chi connectivity index (χ3n) is 8.11. The van der Waals surface area contributed by atoms with E-state index in [-0.39, 0.29) is 29.1 Å². The number of carbonyl (C=O) groups is 1. The summed E-state index contributed by atoms with van der Waals surface area (Å²) in [5, 5.41) is 14.0. The van der Waals surface area contributed by atoms with E-state index in [0.29, 0.717) is 63.2 Å². The summed E-state index contributed by atoms with van der Waals surface area (Å²) in [5.74, 6) is -0.601. The zero-order valence-electron chi connectivity index (χ0n) is 24.1. The van der Waals surface area contributed by atoms with Crippen LogP contribution < -0.4 is 9.62 Å². The van der Waals surface area contributed by atoms with Crippen LogP contribution in [0.5, 0.6) is 5.75 Å². The van der Waals surface area contributed by atoms with E-state index in [4.69, 9.17) is 9.40 Å². The van der Waals surface area contributed by atoms with Gasteiger partial charge in [-0.1, -0.05) is 42.0 Å². The first kappa shape index (κ1) is 28.4. The van der Waals surface area contributed by atoms with Crippen LogP contribution in [0.2, 0.25) is 0 Å². The highest BCUT2D eigenvalue weighted by Crippen LogP contribution is 2.43. The molecule has 0 saturated carbocycles. The molecule has 1 aliphatic rings. The van der Waals surface area contributed by atoms with Crippen LogP contribution in [-0.2, 0) is 22.9 Å². The second-order valence-electron chi connectivity index (χ2n) is 10.9. The van der Waals surface area contributed by atoms with Gasteiger partial charge in [-0.15, -0.1) is 0 Å². The van der Waals surface area contributed by atoms with Gasteiger partial charge in [-0.05, 0) is 55.2 Å². The number of carbonyl (C=O) groups excluding carboxylic acids is 1. The molecular weight excluding hydrogens is 569 g/mol. The maximum Gasteiger partial charge on any atom is 0.255 e. The Labute approximate surface area is 248 Å². The van der Waals surface area contributed by atoms with E-state index in [9.17, 15) is 22.7 Å². The second kappa shape index (κ2) is 10.5. The molecule has 0 radical (unpaired) electrons. The number of aromatic hydroxyl groups is 1. The molecule has 3 aromatic carbocycles. The van der Waals surface area contributed by atoms with Gasteiger partial charge >= 0.3 is 0 Å². The number of nitrogens with zero attached hydrogens (tertiary/aromatic N) is 2. The molecule has 0 bridgehead atoms. The highest BCUT2D eigenvalue weighted by Gasteiger charge is 2.30. The normalized spacial score (nSPS) is 14.6. The van der Waals surface area contributed by atoms with E-state index < -0.39 is 10.0 Å². The number of amides is 1. The molecule has 1 amide bonds. The molecule has 220 valence electrons. The number of hydrogen-bond acceptors (Lipinski definition) is 6. The van der Waals surface area contributed by atoms with Gasteiger partial charge in [-0.25, -0.2) is 17.8 Å². The molecule has 0 fully saturated rings. The second-order valence-corrected chi connectivity index (χ2v) is 12.9. The van der Waals surface area contributed by atoms with E-state index in [1.165, 1.54) is 26.2 Å². The fourth-order valence-corrected chi connectivity index (χ4v) is 6.26. The van der Waals surface area contributed by atoms with Crippen LogP contribution in [0.4, 0.5) is 10.1 Å². The molecule has 2 heterocycles. The fraction of sp³-hybridized carbons (Fsp3) is 0.212. The monoisotopic (exact) mass is 599 g/mol. The molecule has 0 aliphatic heterocycles. The zero-order valence-corrected chi connectivity index (χ0v) is 24.9. The summed E-state index contributed by atoms with van der Waals surface area (Å²) in [7, 11) is -0.755. The maximum absolute atomic E-state index is 14.5. The summed E-state index contributed by atoms with van der Waals surface area (Å²) in [6.45, 7) is 1.96. The third-order valence-corrected chi connectivity index (χ3v) is 9.30. The highest BCUT2D eigenvalue weighted by molar-refractivity contribution is 7.92. The lowest BCUT2D eigenvalue weighted by Gasteiger charge is -2.21. The van der Waals surface area contributed by atoms with Crippen molar-refractivity contribution in [2.45, 2.75) is 25.7 Å². The predicted molar refractivity (Wildman–Crippen MR) is 164 cm³/mol. The molecular formula is C33H30FN3O5S. The quantitative estimate of drug-likeness (QED) is 0.249. The molecule has 1 unspecified atom stereocenters. The summed E-state index contributed by atoms with van der Waals surface area (Å²) in [5.41, 5.74) is 5.32. The van der Waals surface area contributed by atoms with Crippen molar-refractivity contribution in [3.05, 3.63) is 100 Å². The standard InChI is InChI=1S/C33H30FN3O5S/c1-18-8-10-19(11-9-18)32-30(33(39)35-2)24-16-23(27(17-29(24)42-32)37(3)43(4,40)41)26-12-13-28(38)31(36-26)21-14-20-6-5-7-25(34)22(20)15-21/h5-13,16-17,21,38H,14-15H2,1-4H3,(H,35,39). The van der Waals surface area contributed by atoms with Crippen LogP contribution in [0.15, 0.2) is 71.1 Å². The minimum atomic E-state index is -3.72. The number of nitrogens with one attached hydrogen (secondary N) is 1. The van der Waals surface area contributed by atoms with Crippen molar-refractivity contribution >= 4 is 32.6 Å². The molecule has 10 heteroatoms. The Hall–Kier alpha value is -4.70. The van der Waals surface area contributed by atoms with Gasteiger partial charge in [0.1, 0.15) is 22.9 Å². The molecule has 8 nitrogen and oxygen atoms in total. The molecule has 1 aliphatic carbocycles. The number of halogens is 1. The number of aromatic nitrogens is 1. The summed E-state index contributed by atoms with van der Waals surface area (Å²) in [4.78, 5) is 18.0. The van der Waals surface area contributed by atoms with E-state index in [1.807, 2.05) is 37.3 Å². The fourth-order valence-electron chi connectivity index (χ4n) is 5.75. The van der Waals surface area contributed by atoms with E-state index in [0.717, 1.165) is 21.7 Å². The van der Waals surface area contributed by atoms with Gasteiger partial charge in [-0.3, -0.25) is 9.10 Å². The number of benzene rings is 3. The molecule has 0 saturated heterocycles. The van der Waals surface area contributed by atoms with Crippen LogP contribution in [0.3, 0.4) is 0 Å². The SMILES string of the molecule is CNC(=O)c1c(-c2ccc(C)cc2)oc2cc(N(C)S(C)(=O)=O)c(-c3ccc(O)c(C4Cc5cccc(F)c5C4)n3)cc12. The van der Waals surface area contributed by atoms with Crippen molar-refractivity contribution in [3.63, 3.8) is 0 Å². The molecule has 2 aromatic heterocycles.